The van der Waals surface area contributed by atoms with Gasteiger partial charge in [0.2, 0.25) is 0 Å². The van der Waals surface area contributed by atoms with E-state index in [4.69, 9.17) is 5.73 Å². The minimum atomic E-state index is -0.407. The van der Waals surface area contributed by atoms with Crippen LogP contribution < -0.4 is 21.7 Å². The minimum Gasteiger partial charge on any atom is -0.382 e. The van der Waals surface area contributed by atoms with Crippen LogP contribution in [0.2, 0.25) is 0 Å². The van der Waals surface area contributed by atoms with Crippen LogP contribution in [0.15, 0.2) is 53.1 Å². The molecule has 2 amide bonds. The van der Waals surface area contributed by atoms with Crippen molar-refractivity contribution >= 4 is 33.6 Å². The largest absolute Gasteiger partial charge is 0.382 e. The van der Waals surface area contributed by atoms with Gasteiger partial charge in [0, 0.05) is 40.3 Å². The van der Waals surface area contributed by atoms with Gasteiger partial charge in [0.1, 0.15) is 5.82 Å². The molecule has 3 aromatic rings. The molecule has 0 spiro atoms. The van der Waals surface area contributed by atoms with E-state index < -0.39 is 5.82 Å². The molecule has 1 fully saturated rings. The summed E-state index contributed by atoms with van der Waals surface area (Å²) in [5.74, 6) is -1.12. The average Bonchev–Trinajstić information content (AvgIpc) is 2.84. The van der Waals surface area contributed by atoms with Gasteiger partial charge in [0.05, 0.1) is 11.9 Å². The molecule has 0 radical (unpaired) electrons. The number of piperidine rings is 1. The number of aromatic nitrogens is 2. The standard InChI is InChI=1S/C24H24BrFN6O2/c25-17-7-6-16(19(26)10-17)11-30-23(33)15-4-1-3-14(9-15)20-13-29-22(27)21(32-20)24(34)31-18-5-2-8-28-12-18/h1,3-4,6-7,9-10,13,18,28H,2,5,8,11-12H2,(H2,27,29)(H,30,33)(H,31,34). The van der Waals surface area contributed by atoms with Gasteiger partial charge in [-0.3, -0.25) is 9.59 Å². The first-order valence-corrected chi connectivity index (χ1v) is 11.7. The van der Waals surface area contributed by atoms with E-state index in [9.17, 15) is 14.0 Å². The molecule has 1 saturated heterocycles. The second kappa shape index (κ2) is 10.7. The van der Waals surface area contributed by atoms with Crippen molar-refractivity contribution in [3.8, 4) is 11.3 Å². The molecule has 0 saturated carbocycles. The van der Waals surface area contributed by atoms with E-state index in [1.165, 1.54) is 12.3 Å². The van der Waals surface area contributed by atoms with Gasteiger partial charge < -0.3 is 21.7 Å². The maximum Gasteiger partial charge on any atom is 0.274 e. The average molecular weight is 527 g/mol. The lowest BCUT2D eigenvalue weighted by molar-refractivity contribution is 0.0923. The van der Waals surface area contributed by atoms with Gasteiger partial charge in [-0.15, -0.1) is 0 Å². The highest BCUT2D eigenvalue weighted by atomic mass is 79.9. The number of carbonyl (C=O) groups is 2. The van der Waals surface area contributed by atoms with Crippen LogP contribution >= 0.6 is 15.9 Å². The molecule has 2 heterocycles. The Hall–Kier alpha value is -3.37. The van der Waals surface area contributed by atoms with E-state index in [1.54, 1.807) is 36.4 Å². The molecule has 5 N–H and O–H groups in total. The second-order valence-corrected chi connectivity index (χ2v) is 8.92. The fourth-order valence-corrected chi connectivity index (χ4v) is 4.03. The Balaban J connectivity index is 1.48. The first-order valence-electron chi connectivity index (χ1n) is 10.9. The summed E-state index contributed by atoms with van der Waals surface area (Å²) in [6.45, 7) is 1.68. The molecule has 2 aromatic carbocycles. The fraction of sp³-hybridized carbons (Fsp3) is 0.250. The summed E-state index contributed by atoms with van der Waals surface area (Å²) in [6.07, 6.45) is 3.32. The first-order chi connectivity index (χ1) is 16.4. The molecule has 0 bridgehead atoms. The number of nitrogen functional groups attached to an aromatic ring is 1. The van der Waals surface area contributed by atoms with Crippen molar-refractivity contribution in [3.05, 3.63) is 75.8 Å². The Labute approximate surface area is 204 Å². The van der Waals surface area contributed by atoms with Crippen LogP contribution in [-0.2, 0) is 6.54 Å². The van der Waals surface area contributed by atoms with Crippen molar-refractivity contribution in [1.82, 2.24) is 25.9 Å². The van der Waals surface area contributed by atoms with Crippen LogP contribution in [0.1, 0.15) is 39.3 Å². The number of anilines is 1. The van der Waals surface area contributed by atoms with Crippen molar-refractivity contribution in [3.63, 3.8) is 0 Å². The van der Waals surface area contributed by atoms with Gasteiger partial charge in [-0.25, -0.2) is 14.4 Å². The maximum absolute atomic E-state index is 14.0. The van der Waals surface area contributed by atoms with Crippen LogP contribution in [0.3, 0.4) is 0 Å². The van der Waals surface area contributed by atoms with Gasteiger partial charge >= 0.3 is 0 Å². The summed E-state index contributed by atoms with van der Waals surface area (Å²) in [5, 5.41) is 8.90. The zero-order chi connectivity index (χ0) is 24.1. The lowest BCUT2D eigenvalue weighted by Gasteiger charge is -2.23. The van der Waals surface area contributed by atoms with Crippen molar-refractivity contribution in [2.24, 2.45) is 0 Å². The predicted octanol–water partition coefficient (Wildman–Crippen LogP) is 3.04. The smallest absolute Gasteiger partial charge is 0.274 e. The number of nitrogens with zero attached hydrogens (tertiary/aromatic N) is 2. The third kappa shape index (κ3) is 5.75. The van der Waals surface area contributed by atoms with Gasteiger partial charge in [-0.1, -0.05) is 34.1 Å². The highest BCUT2D eigenvalue weighted by Crippen LogP contribution is 2.21. The Morgan fingerprint density at radius 2 is 2.06 bits per heavy atom. The van der Waals surface area contributed by atoms with Crippen LogP contribution in [0.25, 0.3) is 11.3 Å². The number of hydrogen-bond acceptors (Lipinski definition) is 6. The molecule has 4 rings (SSSR count). The van der Waals surface area contributed by atoms with E-state index >= 15 is 0 Å². The zero-order valence-corrected chi connectivity index (χ0v) is 19.9. The maximum atomic E-state index is 14.0. The number of hydrogen-bond donors (Lipinski definition) is 4. The molecule has 1 aliphatic rings. The predicted molar refractivity (Wildman–Crippen MR) is 131 cm³/mol. The number of amides is 2. The zero-order valence-electron chi connectivity index (χ0n) is 18.3. The highest BCUT2D eigenvalue weighted by molar-refractivity contribution is 9.10. The summed E-state index contributed by atoms with van der Waals surface area (Å²) in [5.41, 5.74) is 7.72. The molecule has 0 aliphatic carbocycles. The number of nitrogens with one attached hydrogen (secondary N) is 3. The van der Waals surface area contributed by atoms with Gasteiger partial charge in [-0.05, 0) is 43.7 Å². The molecular formula is C24H24BrFN6O2. The van der Waals surface area contributed by atoms with Crippen LogP contribution in [0.5, 0.6) is 0 Å². The quantitative estimate of drug-likeness (QED) is 0.391. The molecular weight excluding hydrogens is 503 g/mol. The second-order valence-electron chi connectivity index (χ2n) is 8.01. The van der Waals surface area contributed by atoms with E-state index in [0.29, 0.717) is 33.4 Å². The SMILES string of the molecule is Nc1ncc(-c2cccc(C(=O)NCc3ccc(Br)cc3F)c2)nc1C(=O)NC1CCCNC1. The van der Waals surface area contributed by atoms with E-state index in [-0.39, 0.29) is 35.9 Å². The van der Waals surface area contributed by atoms with Crippen molar-refractivity contribution < 1.29 is 14.0 Å². The summed E-state index contributed by atoms with van der Waals surface area (Å²) in [6, 6.07) is 11.4. The van der Waals surface area contributed by atoms with Gasteiger partial charge in [0.15, 0.2) is 11.5 Å². The molecule has 1 aromatic heterocycles. The lowest BCUT2D eigenvalue weighted by atomic mass is 10.1. The van der Waals surface area contributed by atoms with Gasteiger partial charge in [0.25, 0.3) is 11.8 Å². The van der Waals surface area contributed by atoms with Gasteiger partial charge in [-0.2, -0.15) is 0 Å². The van der Waals surface area contributed by atoms with Crippen molar-refractivity contribution in [2.45, 2.75) is 25.4 Å². The topological polar surface area (TPSA) is 122 Å². The molecule has 1 unspecified atom stereocenters. The summed E-state index contributed by atoms with van der Waals surface area (Å²) >= 11 is 3.21. The number of benzene rings is 2. The molecule has 1 aliphatic heterocycles. The van der Waals surface area contributed by atoms with E-state index in [2.05, 4.69) is 41.8 Å². The number of rotatable bonds is 6. The monoisotopic (exact) mass is 526 g/mol. The third-order valence-electron chi connectivity index (χ3n) is 5.52. The molecule has 10 heteroatoms. The number of halogens is 2. The first kappa shape index (κ1) is 23.8. The van der Waals surface area contributed by atoms with Crippen LogP contribution in [0, 0.1) is 5.82 Å². The number of nitrogens with two attached hydrogens (primary N) is 1. The van der Waals surface area contributed by atoms with Crippen LogP contribution in [0.4, 0.5) is 10.2 Å². The Morgan fingerprint density at radius 3 is 2.82 bits per heavy atom. The van der Waals surface area contributed by atoms with Crippen molar-refractivity contribution in [2.75, 3.05) is 18.8 Å². The summed E-state index contributed by atoms with van der Waals surface area (Å²) in [7, 11) is 0. The minimum absolute atomic E-state index is 0.00805. The van der Waals surface area contributed by atoms with Crippen LogP contribution in [-0.4, -0.2) is 40.9 Å². The molecule has 8 nitrogen and oxygen atoms in total. The molecule has 1 atom stereocenters. The van der Waals surface area contributed by atoms with E-state index in [1.807, 2.05) is 0 Å². The highest BCUT2D eigenvalue weighted by Gasteiger charge is 2.20. The normalized spacial score (nSPS) is 15.5. The summed E-state index contributed by atoms with van der Waals surface area (Å²) < 4.78 is 14.7. The Morgan fingerprint density at radius 1 is 1.21 bits per heavy atom. The lowest BCUT2D eigenvalue weighted by Crippen LogP contribution is -2.46. The fourth-order valence-electron chi connectivity index (χ4n) is 3.70. The molecule has 176 valence electrons. The third-order valence-corrected chi connectivity index (χ3v) is 6.02. The Kier molecular flexibility index (Phi) is 7.49. The Bertz CT molecular complexity index is 1220. The number of carbonyl (C=O) groups excluding carboxylic acids is 2. The summed E-state index contributed by atoms with van der Waals surface area (Å²) in [4.78, 5) is 33.9. The van der Waals surface area contributed by atoms with Crippen molar-refractivity contribution in [1.29, 1.82) is 0 Å². The van der Waals surface area contributed by atoms with E-state index in [0.717, 1.165) is 19.4 Å². The molecule has 34 heavy (non-hydrogen) atoms.